The molecule has 0 atom stereocenters. The number of aromatic nitrogens is 8. The van der Waals surface area contributed by atoms with Crippen molar-refractivity contribution in [2.24, 2.45) is 56.4 Å². The van der Waals surface area contributed by atoms with Crippen molar-refractivity contribution in [2.75, 3.05) is 0 Å². The maximum Gasteiger partial charge on any atom is 0.222 e. The van der Waals surface area contributed by atoms with Gasteiger partial charge in [-0.15, -0.1) is 0 Å². The molecule has 0 radical (unpaired) electrons. The van der Waals surface area contributed by atoms with E-state index in [1.165, 1.54) is 131 Å². The van der Waals surface area contributed by atoms with Crippen molar-refractivity contribution >= 4 is 130 Å². The first kappa shape index (κ1) is 62.4. The van der Waals surface area contributed by atoms with Crippen molar-refractivity contribution in [3.8, 4) is 56.2 Å². The summed E-state index contributed by atoms with van der Waals surface area (Å²) in [6.07, 6.45) is 8.42. The number of rotatable bonds is 5. The average molecular weight is 1490 g/mol. The summed E-state index contributed by atoms with van der Waals surface area (Å²) in [5, 5.41) is 19.3. The van der Waals surface area contributed by atoms with Crippen LogP contribution in [-0.4, -0.2) is 18.3 Å². The van der Waals surface area contributed by atoms with Gasteiger partial charge >= 0.3 is 0 Å². The van der Waals surface area contributed by atoms with Crippen LogP contribution in [0.5, 0.6) is 0 Å². The Morgan fingerprint density at radius 1 is 0.246 bits per heavy atom. The Morgan fingerprint density at radius 2 is 0.649 bits per heavy atom. The average Bonchev–Trinajstić information content (AvgIpc) is 1.57. The molecule has 0 unspecified atom stereocenters. The zero-order chi connectivity index (χ0) is 86.3. The normalized spacial score (nSPS) is 13.2. The minimum Gasteiger partial charge on any atom is -0.343 e. The van der Waals surface area contributed by atoms with E-state index in [2.05, 4.69) is 314 Å². The van der Waals surface area contributed by atoms with Gasteiger partial charge in [0.1, 0.15) is 28.2 Å². The summed E-state index contributed by atoms with van der Waals surface area (Å²) >= 11 is 0. The number of hydrogen-bond donors (Lipinski definition) is 0. The number of hydrogen-bond acceptors (Lipinski definition) is 0. The van der Waals surface area contributed by atoms with Gasteiger partial charge in [0.05, 0.1) is 60.2 Å². The van der Waals surface area contributed by atoms with E-state index >= 15 is 0 Å². The molecule has 114 heavy (non-hydrogen) atoms. The fourth-order valence-corrected chi connectivity index (χ4v) is 18.2. The smallest absolute Gasteiger partial charge is 0.222 e. The Balaban J connectivity index is 0.000000113. The van der Waals surface area contributed by atoms with Crippen molar-refractivity contribution in [2.45, 2.75) is 55.2 Å². The summed E-state index contributed by atoms with van der Waals surface area (Å²) < 4.78 is 89.0. The van der Waals surface area contributed by atoms with Crippen LogP contribution in [0.25, 0.3) is 186 Å². The van der Waals surface area contributed by atoms with Gasteiger partial charge < -0.3 is 18.3 Å². The third-order valence-corrected chi connectivity index (χ3v) is 23.9. The topological polar surface area (TPSA) is 35.2 Å². The van der Waals surface area contributed by atoms with Gasteiger partial charge in [0.2, 0.25) is 22.8 Å². The molecule has 556 valence electrons. The molecule has 8 heterocycles. The summed E-state index contributed by atoms with van der Waals surface area (Å²) in [7, 11) is 16.6. The van der Waals surface area contributed by atoms with Crippen LogP contribution in [0, 0.1) is 55.2 Å². The molecule has 0 bridgehead atoms. The van der Waals surface area contributed by atoms with E-state index in [0.29, 0.717) is 11.1 Å². The van der Waals surface area contributed by atoms with Crippen LogP contribution in [0.1, 0.15) is 56.8 Å². The molecule has 13 aromatic carbocycles. The summed E-state index contributed by atoms with van der Waals surface area (Å²) in [6, 6.07) is 92.8. The van der Waals surface area contributed by atoms with Crippen LogP contribution in [0.15, 0.2) is 292 Å². The molecular formula is C106H96N8+4. The van der Waals surface area contributed by atoms with Gasteiger partial charge in [0, 0.05) is 130 Å². The van der Waals surface area contributed by atoms with E-state index in [1.807, 2.05) is 74.5 Å². The van der Waals surface area contributed by atoms with Crippen LogP contribution in [0.3, 0.4) is 0 Å². The van der Waals surface area contributed by atoms with Gasteiger partial charge in [-0.3, -0.25) is 0 Å². The molecule has 21 aromatic rings. The van der Waals surface area contributed by atoms with Gasteiger partial charge in [-0.1, -0.05) is 223 Å². The number of aryl methyl sites for hydroxylation is 16. The van der Waals surface area contributed by atoms with E-state index in [9.17, 15) is 0 Å². The Bertz CT molecular complexity index is 7930. The molecule has 0 aliphatic carbocycles. The van der Waals surface area contributed by atoms with Crippen molar-refractivity contribution in [3.63, 3.8) is 0 Å². The Morgan fingerprint density at radius 3 is 1.11 bits per heavy atom. The van der Waals surface area contributed by atoms with E-state index < -0.39 is 20.6 Å². The lowest BCUT2D eigenvalue weighted by molar-refractivity contribution is -0.659. The number of fused-ring (bicyclic) bond motifs is 19. The van der Waals surface area contributed by atoms with E-state index in [0.717, 1.165) is 77.3 Å². The molecule has 0 saturated heterocycles. The Kier molecular flexibility index (Phi) is 15.6. The Labute approximate surface area is 679 Å². The number of benzene rings is 13. The molecule has 0 saturated carbocycles. The monoisotopic (exact) mass is 1490 g/mol. The highest BCUT2D eigenvalue weighted by molar-refractivity contribution is 6.21. The van der Waals surface area contributed by atoms with Crippen molar-refractivity contribution in [1.29, 1.82) is 0 Å². The lowest BCUT2D eigenvalue weighted by Gasteiger charge is -2.09. The fourth-order valence-electron chi connectivity index (χ4n) is 18.2. The zero-order valence-electron chi connectivity index (χ0n) is 75.8. The minimum absolute atomic E-state index is 0.276. The fraction of sp³-hybridized carbons (Fsp3) is 0.151. The lowest BCUT2D eigenvalue weighted by atomic mass is 9.96. The second-order valence-electron chi connectivity index (χ2n) is 31.2. The second kappa shape index (κ2) is 28.5. The summed E-state index contributed by atoms with van der Waals surface area (Å²) in [5.74, 6) is 0. The molecule has 0 spiro atoms. The molecule has 8 heteroatoms. The van der Waals surface area contributed by atoms with Crippen molar-refractivity contribution in [3.05, 3.63) is 336 Å². The summed E-state index contributed by atoms with van der Waals surface area (Å²) in [5.41, 5.74) is 26.9. The molecule has 8 aromatic heterocycles. The standard InChI is InChI=1S/C32H29N2.2C25H23N2.C24H21N2/c1-20-11-14-27(21(2)15-20)32-30-28-17-26-16-24(23-9-7-6-8-10-23)12-13-25(26)18-29(28)34(5)31(30)22(3)19-33(32)4;2*1-16-9-11-19(17(2)13-16)23-14-24-22(15-26(23)3)21-12-10-18-7-5-6-8-20(18)25(21)27(24)4;1-16-8-4-6-10-18(16)22-14-23-21(15-25(22)2)20-13-12-17-9-5-7-11-19(17)24(20)26(23)3/h6-19H,1-5H3;2*5-15H,1-4H3;4-15H,1-3H3/q4*+1/i1D3,3D3;1D3;;. The minimum atomic E-state index is -2.32. The highest BCUT2D eigenvalue weighted by Gasteiger charge is 2.27. The third-order valence-electron chi connectivity index (χ3n) is 23.9. The molecule has 8 nitrogen and oxygen atoms in total. The van der Waals surface area contributed by atoms with Crippen LogP contribution in [-0.2, 0) is 56.4 Å². The van der Waals surface area contributed by atoms with Gasteiger partial charge in [-0.2, -0.15) is 0 Å². The number of pyridine rings is 4. The van der Waals surface area contributed by atoms with Crippen LogP contribution < -0.4 is 18.3 Å². The maximum atomic E-state index is 8.35. The first-order valence-corrected chi connectivity index (χ1v) is 39.0. The first-order valence-electron chi connectivity index (χ1n) is 43.5. The second-order valence-corrected chi connectivity index (χ2v) is 31.2. The first-order chi connectivity index (χ1) is 58.8. The van der Waals surface area contributed by atoms with Crippen LogP contribution >= 0.6 is 0 Å². The molecule has 0 N–H and O–H groups in total. The molecule has 0 amide bonds. The van der Waals surface area contributed by atoms with Gasteiger partial charge in [0.25, 0.3) is 0 Å². The maximum absolute atomic E-state index is 8.35. The molecule has 21 rings (SSSR count). The highest BCUT2D eigenvalue weighted by Crippen LogP contribution is 2.42. The Hall–Kier alpha value is -13.3. The molecule has 0 aliphatic heterocycles. The predicted molar refractivity (Wildman–Crippen MR) is 482 cm³/mol. The number of nitrogens with zero attached hydrogens (tertiary/aromatic N) is 8. The largest absolute Gasteiger partial charge is 0.343 e. The van der Waals surface area contributed by atoms with E-state index in [4.69, 9.17) is 12.3 Å². The summed E-state index contributed by atoms with van der Waals surface area (Å²) in [4.78, 5) is 0. The van der Waals surface area contributed by atoms with Gasteiger partial charge in [-0.25, -0.2) is 18.3 Å². The van der Waals surface area contributed by atoms with Gasteiger partial charge in [-0.05, 0) is 158 Å². The van der Waals surface area contributed by atoms with Crippen LogP contribution in [0.2, 0.25) is 0 Å². The highest BCUT2D eigenvalue weighted by atomic mass is 15.0. The van der Waals surface area contributed by atoms with Crippen LogP contribution in [0.4, 0.5) is 0 Å². The quantitative estimate of drug-likeness (QED) is 0.154. The zero-order valence-corrected chi connectivity index (χ0v) is 66.8. The molecule has 0 fully saturated rings. The molecular weight excluding hydrogens is 1390 g/mol. The van der Waals surface area contributed by atoms with Crippen molar-refractivity contribution in [1.82, 2.24) is 18.3 Å². The predicted octanol–water partition coefficient (Wildman–Crippen LogP) is 24.0. The van der Waals surface area contributed by atoms with E-state index in [1.54, 1.807) is 30.5 Å². The lowest BCUT2D eigenvalue weighted by Crippen LogP contribution is -2.31. The SMILES string of the molecule is Cc1ccc(-c2cc3c(c[n+]2C)c2ccc4ccccc4c2n3C)c(C)c1.Cc1ccccc1-c1cc2c(c[n+]1C)c1ccc3ccccc3c1n2C.[2H]C([2H])([2H])c1ccc(-c2c3c4cc5cc(-c6ccccc6)ccc5cc4n(C)c3c(C([2H])([2H])[2H])c[n+]2C)c(C)c1.[2H]C([2H])([2H])c1ccc(-c2cc3c(c[n+]2C)c2ccc4ccccc4c2n3C)c(C)c1. The summed E-state index contributed by atoms with van der Waals surface area (Å²) in [6.45, 7) is 3.78. The van der Waals surface area contributed by atoms with Crippen molar-refractivity contribution < 1.29 is 30.6 Å². The molecule has 0 aliphatic rings. The third kappa shape index (κ3) is 12.2. The van der Waals surface area contributed by atoms with Gasteiger partial charge in [0.15, 0.2) is 24.8 Å². The van der Waals surface area contributed by atoms with E-state index in [-0.39, 0.29) is 11.1 Å².